The first-order valence-electron chi connectivity index (χ1n) is 5.06. The third kappa shape index (κ3) is 2.93. The van der Waals surface area contributed by atoms with Crippen LogP contribution in [-0.2, 0) is 4.74 Å². The van der Waals surface area contributed by atoms with E-state index in [-0.39, 0.29) is 6.10 Å². The molecular formula is C10H21NO2. The van der Waals surface area contributed by atoms with Crippen LogP contribution in [-0.4, -0.2) is 49.0 Å². The molecule has 0 bridgehead atoms. The zero-order valence-electron chi connectivity index (χ0n) is 8.86. The van der Waals surface area contributed by atoms with Crippen molar-refractivity contribution in [2.45, 2.75) is 32.4 Å². The minimum atomic E-state index is -0.135. The Hall–Kier alpha value is -0.120. The van der Waals surface area contributed by atoms with Crippen LogP contribution in [0.3, 0.4) is 0 Å². The van der Waals surface area contributed by atoms with E-state index in [1.807, 2.05) is 0 Å². The van der Waals surface area contributed by atoms with Crippen LogP contribution >= 0.6 is 0 Å². The molecule has 0 aromatic heterocycles. The van der Waals surface area contributed by atoms with Crippen LogP contribution in [0.25, 0.3) is 0 Å². The second kappa shape index (κ2) is 4.94. The lowest BCUT2D eigenvalue weighted by molar-refractivity contribution is 0.120. The standard InChI is InChI=1S/C10H21NO2/c1-8(2)10-6-9(12)7-11(10)4-5-13-3/h8-10,12H,4-7H2,1-3H3/t9-,10-/m1/s1. The van der Waals surface area contributed by atoms with Crippen LogP contribution in [0.5, 0.6) is 0 Å². The van der Waals surface area contributed by atoms with Gasteiger partial charge in [-0.1, -0.05) is 13.8 Å². The van der Waals surface area contributed by atoms with Gasteiger partial charge in [0.05, 0.1) is 12.7 Å². The molecule has 1 aliphatic heterocycles. The molecule has 0 unspecified atom stereocenters. The third-order valence-corrected chi connectivity index (χ3v) is 2.78. The Morgan fingerprint density at radius 1 is 1.54 bits per heavy atom. The number of aliphatic hydroxyl groups excluding tert-OH is 1. The quantitative estimate of drug-likeness (QED) is 0.704. The summed E-state index contributed by atoms with van der Waals surface area (Å²) in [4.78, 5) is 2.33. The zero-order chi connectivity index (χ0) is 9.84. The summed E-state index contributed by atoms with van der Waals surface area (Å²) in [5.74, 6) is 0.619. The molecule has 0 aromatic rings. The van der Waals surface area contributed by atoms with Crippen LogP contribution in [0.1, 0.15) is 20.3 Å². The fourth-order valence-corrected chi connectivity index (χ4v) is 2.07. The Kier molecular flexibility index (Phi) is 4.16. The van der Waals surface area contributed by atoms with Crippen molar-refractivity contribution in [2.24, 2.45) is 5.92 Å². The van der Waals surface area contributed by atoms with Gasteiger partial charge in [-0.2, -0.15) is 0 Å². The lowest BCUT2D eigenvalue weighted by Gasteiger charge is -2.26. The summed E-state index contributed by atoms with van der Waals surface area (Å²) in [6, 6.07) is 0.533. The number of hydrogen-bond acceptors (Lipinski definition) is 3. The van der Waals surface area contributed by atoms with Crippen molar-refractivity contribution in [1.29, 1.82) is 0 Å². The number of nitrogens with zero attached hydrogens (tertiary/aromatic N) is 1. The first-order chi connectivity index (χ1) is 6.15. The smallest absolute Gasteiger partial charge is 0.0682 e. The summed E-state index contributed by atoms with van der Waals surface area (Å²) in [6.45, 7) is 6.93. The summed E-state index contributed by atoms with van der Waals surface area (Å²) < 4.78 is 5.04. The fraction of sp³-hybridized carbons (Fsp3) is 1.00. The molecule has 0 radical (unpaired) electrons. The molecule has 0 amide bonds. The molecular weight excluding hydrogens is 166 g/mol. The highest BCUT2D eigenvalue weighted by Crippen LogP contribution is 2.23. The van der Waals surface area contributed by atoms with E-state index in [0.29, 0.717) is 12.0 Å². The van der Waals surface area contributed by atoms with E-state index >= 15 is 0 Å². The van der Waals surface area contributed by atoms with Gasteiger partial charge >= 0.3 is 0 Å². The van der Waals surface area contributed by atoms with Crippen molar-refractivity contribution >= 4 is 0 Å². The van der Waals surface area contributed by atoms with Crippen molar-refractivity contribution in [1.82, 2.24) is 4.90 Å². The normalized spacial score (nSPS) is 30.2. The molecule has 1 N–H and O–H groups in total. The summed E-state index contributed by atoms with van der Waals surface area (Å²) in [5.41, 5.74) is 0. The molecule has 0 spiro atoms. The highest BCUT2D eigenvalue weighted by molar-refractivity contribution is 4.86. The average molecular weight is 187 g/mol. The molecule has 0 saturated carbocycles. The van der Waals surface area contributed by atoms with Crippen molar-refractivity contribution in [3.05, 3.63) is 0 Å². The first-order valence-corrected chi connectivity index (χ1v) is 5.06. The van der Waals surface area contributed by atoms with Gasteiger partial charge in [0.2, 0.25) is 0 Å². The van der Waals surface area contributed by atoms with Gasteiger partial charge in [-0.15, -0.1) is 0 Å². The van der Waals surface area contributed by atoms with Gasteiger partial charge in [0, 0.05) is 26.2 Å². The van der Waals surface area contributed by atoms with Gasteiger partial charge in [-0.25, -0.2) is 0 Å². The predicted molar refractivity (Wildman–Crippen MR) is 52.7 cm³/mol. The van der Waals surface area contributed by atoms with Crippen LogP contribution in [0.2, 0.25) is 0 Å². The average Bonchev–Trinajstić information content (AvgIpc) is 2.43. The van der Waals surface area contributed by atoms with Crippen LogP contribution in [0, 0.1) is 5.92 Å². The first kappa shape index (κ1) is 11.0. The van der Waals surface area contributed by atoms with Gasteiger partial charge < -0.3 is 9.84 Å². The largest absolute Gasteiger partial charge is 0.392 e. The van der Waals surface area contributed by atoms with E-state index in [9.17, 15) is 5.11 Å². The van der Waals surface area contributed by atoms with Crippen molar-refractivity contribution in [3.63, 3.8) is 0 Å². The highest BCUT2D eigenvalue weighted by atomic mass is 16.5. The van der Waals surface area contributed by atoms with Gasteiger partial charge in [0.15, 0.2) is 0 Å². The van der Waals surface area contributed by atoms with E-state index in [0.717, 1.165) is 26.1 Å². The Bertz CT molecular complexity index is 150. The highest BCUT2D eigenvalue weighted by Gasteiger charge is 2.32. The number of rotatable bonds is 4. The minimum Gasteiger partial charge on any atom is -0.392 e. The zero-order valence-corrected chi connectivity index (χ0v) is 8.86. The Morgan fingerprint density at radius 2 is 2.23 bits per heavy atom. The van der Waals surface area contributed by atoms with Crippen molar-refractivity contribution in [3.8, 4) is 0 Å². The number of likely N-dealkylation sites (tertiary alicyclic amines) is 1. The van der Waals surface area contributed by atoms with Crippen molar-refractivity contribution in [2.75, 3.05) is 26.8 Å². The molecule has 0 aliphatic carbocycles. The second-order valence-electron chi connectivity index (χ2n) is 4.19. The number of hydrogen-bond donors (Lipinski definition) is 1. The molecule has 1 rings (SSSR count). The summed E-state index contributed by atoms with van der Waals surface area (Å²) >= 11 is 0. The van der Waals surface area contributed by atoms with E-state index in [2.05, 4.69) is 18.7 Å². The van der Waals surface area contributed by atoms with Crippen LogP contribution in [0.15, 0.2) is 0 Å². The summed E-state index contributed by atoms with van der Waals surface area (Å²) in [5, 5.41) is 9.54. The van der Waals surface area contributed by atoms with E-state index < -0.39 is 0 Å². The molecule has 1 saturated heterocycles. The van der Waals surface area contributed by atoms with Crippen molar-refractivity contribution < 1.29 is 9.84 Å². The van der Waals surface area contributed by atoms with Gasteiger partial charge in [0.25, 0.3) is 0 Å². The number of methoxy groups -OCH3 is 1. The maximum absolute atomic E-state index is 9.54. The van der Waals surface area contributed by atoms with Gasteiger partial charge in [-0.3, -0.25) is 4.90 Å². The monoisotopic (exact) mass is 187 g/mol. The molecule has 13 heavy (non-hydrogen) atoms. The molecule has 3 nitrogen and oxygen atoms in total. The predicted octanol–water partition coefficient (Wildman–Crippen LogP) is 0.724. The number of ether oxygens (including phenoxy) is 1. The molecule has 3 heteroatoms. The molecule has 1 heterocycles. The molecule has 1 aliphatic rings. The Balaban J connectivity index is 2.41. The molecule has 78 valence electrons. The SMILES string of the molecule is COCCN1C[C@H](O)C[C@@H]1C(C)C. The van der Waals surface area contributed by atoms with E-state index in [1.54, 1.807) is 7.11 Å². The molecule has 0 aromatic carbocycles. The van der Waals surface area contributed by atoms with Crippen LogP contribution in [0.4, 0.5) is 0 Å². The maximum atomic E-state index is 9.54. The maximum Gasteiger partial charge on any atom is 0.0682 e. The lowest BCUT2D eigenvalue weighted by atomic mass is 10.0. The summed E-state index contributed by atoms with van der Waals surface area (Å²) in [6.07, 6.45) is 0.783. The van der Waals surface area contributed by atoms with Gasteiger partial charge in [-0.05, 0) is 12.3 Å². The fourth-order valence-electron chi connectivity index (χ4n) is 2.07. The topological polar surface area (TPSA) is 32.7 Å². The lowest BCUT2D eigenvalue weighted by Crippen LogP contribution is -2.35. The van der Waals surface area contributed by atoms with E-state index in [1.165, 1.54) is 0 Å². The second-order valence-corrected chi connectivity index (χ2v) is 4.19. The minimum absolute atomic E-state index is 0.135. The number of aliphatic hydroxyl groups is 1. The molecule has 1 fully saturated rings. The third-order valence-electron chi connectivity index (χ3n) is 2.78. The van der Waals surface area contributed by atoms with Crippen LogP contribution < -0.4 is 0 Å². The van der Waals surface area contributed by atoms with Gasteiger partial charge in [0.1, 0.15) is 0 Å². The molecule has 2 atom stereocenters. The summed E-state index contributed by atoms with van der Waals surface area (Å²) in [7, 11) is 1.72. The van der Waals surface area contributed by atoms with E-state index in [4.69, 9.17) is 4.74 Å². The number of β-amino-alcohol motifs (C(OH)–C–C–N with tert-alkyl or cyclic N) is 1. The Morgan fingerprint density at radius 3 is 2.77 bits per heavy atom. The Labute approximate surface area is 80.7 Å².